The maximum atomic E-state index is 12.0. The van der Waals surface area contributed by atoms with Gasteiger partial charge >= 0.3 is 0 Å². The normalized spacial score (nSPS) is 10.2. The third-order valence-corrected chi connectivity index (χ3v) is 3.79. The molecule has 0 aliphatic heterocycles. The lowest BCUT2D eigenvalue weighted by molar-refractivity contribution is -0.115. The number of aromatic nitrogens is 2. The van der Waals surface area contributed by atoms with Gasteiger partial charge in [-0.1, -0.05) is 48.5 Å². The number of benzene rings is 2. The standard InChI is InChI=1S/C20H20N4O2/c1-26-17-10-6-5-9-16(17)14-21-18-11-12-19(24-23-18)22-20(25)13-15-7-3-2-4-8-15/h2-12H,13-14H2,1H3,(H,21,23)(H,22,24,25). The molecular weight excluding hydrogens is 328 g/mol. The summed E-state index contributed by atoms with van der Waals surface area (Å²) >= 11 is 0. The highest BCUT2D eigenvalue weighted by molar-refractivity contribution is 5.91. The molecule has 1 amide bonds. The van der Waals surface area contributed by atoms with Gasteiger partial charge in [0.25, 0.3) is 0 Å². The number of nitrogens with zero attached hydrogens (tertiary/aromatic N) is 2. The van der Waals surface area contributed by atoms with Crippen LogP contribution in [0.3, 0.4) is 0 Å². The average molecular weight is 348 g/mol. The summed E-state index contributed by atoms with van der Waals surface area (Å²) in [6.07, 6.45) is 0.302. The smallest absolute Gasteiger partial charge is 0.229 e. The number of carbonyl (C=O) groups excluding carboxylic acids is 1. The van der Waals surface area contributed by atoms with Gasteiger partial charge in [0, 0.05) is 12.1 Å². The fraction of sp³-hybridized carbons (Fsp3) is 0.150. The quantitative estimate of drug-likeness (QED) is 0.685. The lowest BCUT2D eigenvalue weighted by Gasteiger charge is -2.10. The largest absolute Gasteiger partial charge is 0.496 e. The summed E-state index contributed by atoms with van der Waals surface area (Å²) in [5, 5.41) is 14.1. The predicted molar refractivity (Wildman–Crippen MR) is 101 cm³/mol. The zero-order valence-corrected chi connectivity index (χ0v) is 14.5. The second-order valence-electron chi connectivity index (χ2n) is 5.68. The molecule has 3 rings (SSSR count). The first-order chi connectivity index (χ1) is 12.7. The topological polar surface area (TPSA) is 76.1 Å². The zero-order valence-electron chi connectivity index (χ0n) is 14.5. The first-order valence-corrected chi connectivity index (χ1v) is 8.28. The number of hydrogen-bond donors (Lipinski definition) is 2. The maximum Gasteiger partial charge on any atom is 0.229 e. The zero-order chi connectivity index (χ0) is 18.2. The SMILES string of the molecule is COc1ccccc1CNc1ccc(NC(=O)Cc2ccccc2)nn1. The molecule has 1 aromatic heterocycles. The van der Waals surface area contributed by atoms with E-state index in [0.717, 1.165) is 16.9 Å². The predicted octanol–water partition coefficient (Wildman–Crippen LogP) is 3.28. The Bertz CT molecular complexity index is 851. The number of para-hydroxylation sites is 1. The number of methoxy groups -OCH3 is 1. The Morgan fingerprint density at radius 3 is 2.35 bits per heavy atom. The Morgan fingerprint density at radius 1 is 0.923 bits per heavy atom. The van der Waals surface area contributed by atoms with Crippen LogP contribution in [0.1, 0.15) is 11.1 Å². The number of amides is 1. The minimum Gasteiger partial charge on any atom is -0.496 e. The van der Waals surface area contributed by atoms with Gasteiger partial charge in [-0.05, 0) is 23.8 Å². The molecule has 2 N–H and O–H groups in total. The van der Waals surface area contributed by atoms with Gasteiger partial charge in [0.15, 0.2) is 5.82 Å². The molecular formula is C20H20N4O2. The summed E-state index contributed by atoms with van der Waals surface area (Å²) in [5.74, 6) is 1.74. The molecule has 132 valence electrons. The number of nitrogens with one attached hydrogen (secondary N) is 2. The van der Waals surface area contributed by atoms with Crippen molar-refractivity contribution >= 4 is 17.5 Å². The summed E-state index contributed by atoms with van der Waals surface area (Å²) in [7, 11) is 1.64. The van der Waals surface area contributed by atoms with Crippen LogP contribution in [0.25, 0.3) is 0 Å². The van der Waals surface area contributed by atoms with E-state index in [-0.39, 0.29) is 5.91 Å². The molecule has 26 heavy (non-hydrogen) atoms. The van der Waals surface area contributed by atoms with E-state index in [9.17, 15) is 4.79 Å². The van der Waals surface area contributed by atoms with Crippen molar-refractivity contribution in [3.63, 3.8) is 0 Å². The van der Waals surface area contributed by atoms with Gasteiger partial charge in [-0.25, -0.2) is 0 Å². The highest BCUT2D eigenvalue weighted by atomic mass is 16.5. The van der Waals surface area contributed by atoms with Crippen LogP contribution in [0.2, 0.25) is 0 Å². The number of anilines is 2. The molecule has 0 atom stereocenters. The van der Waals surface area contributed by atoms with E-state index in [1.807, 2.05) is 54.6 Å². The van der Waals surface area contributed by atoms with E-state index in [4.69, 9.17) is 4.74 Å². The molecule has 0 spiro atoms. The van der Waals surface area contributed by atoms with E-state index >= 15 is 0 Å². The van der Waals surface area contributed by atoms with Crippen LogP contribution in [-0.2, 0) is 17.8 Å². The molecule has 0 aliphatic carbocycles. The summed E-state index contributed by atoms with van der Waals surface area (Å²) in [5.41, 5.74) is 1.98. The van der Waals surface area contributed by atoms with Crippen molar-refractivity contribution in [3.05, 3.63) is 77.9 Å². The fourth-order valence-electron chi connectivity index (χ4n) is 2.50. The lowest BCUT2D eigenvalue weighted by Crippen LogP contribution is -2.15. The molecule has 0 saturated carbocycles. The average Bonchev–Trinajstić information content (AvgIpc) is 2.68. The molecule has 0 unspecified atom stereocenters. The van der Waals surface area contributed by atoms with Crippen LogP contribution in [0.5, 0.6) is 5.75 Å². The maximum absolute atomic E-state index is 12.0. The number of carbonyl (C=O) groups is 1. The van der Waals surface area contributed by atoms with Gasteiger partial charge in [-0.15, -0.1) is 10.2 Å². The lowest BCUT2D eigenvalue weighted by atomic mass is 10.1. The van der Waals surface area contributed by atoms with Crippen molar-refractivity contribution in [1.29, 1.82) is 0 Å². The van der Waals surface area contributed by atoms with Gasteiger partial charge in [-0.2, -0.15) is 0 Å². The Labute approximate surface area is 152 Å². The molecule has 0 bridgehead atoms. The third kappa shape index (κ3) is 4.80. The molecule has 0 fully saturated rings. The Balaban J connectivity index is 1.54. The Kier molecular flexibility index (Phi) is 5.77. The molecule has 2 aromatic carbocycles. The van der Waals surface area contributed by atoms with Crippen molar-refractivity contribution in [2.45, 2.75) is 13.0 Å². The molecule has 3 aromatic rings. The van der Waals surface area contributed by atoms with Crippen molar-refractivity contribution < 1.29 is 9.53 Å². The van der Waals surface area contributed by atoms with Crippen molar-refractivity contribution in [1.82, 2.24) is 10.2 Å². The van der Waals surface area contributed by atoms with Crippen molar-refractivity contribution in [3.8, 4) is 5.75 Å². The minimum absolute atomic E-state index is 0.125. The fourth-order valence-corrected chi connectivity index (χ4v) is 2.50. The number of rotatable bonds is 7. The van der Waals surface area contributed by atoms with Gasteiger partial charge < -0.3 is 15.4 Å². The van der Waals surface area contributed by atoms with Crippen LogP contribution in [0, 0.1) is 0 Å². The Morgan fingerprint density at radius 2 is 1.62 bits per heavy atom. The van der Waals surface area contributed by atoms with E-state index in [1.54, 1.807) is 19.2 Å². The summed E-state index contributed by atoms with van der Waals surface area (Å²) in [6.45, 7) is 0.568. The highest BCUT2D eigenvalue weighted by Crippen LogP contribution is 2.18. The van der Waals surface area contributed by atoms with Crippen LogP contribution in [-0.4, -0.2) is 23.2 Å². The third-order valence-electron chi connectivity index (χ3n) is 3.79. The monoisotopic (exact) mass is 348 g/mol. The molecule has 6 heteroatoms. The number of hydrogen-bond acceptors (Lipinski definition) is 5. The van der Waals surface area contributed by atoms with Crippen molar-refractivity contribution in [2.75, 3.05) is 17.7 Å². The van der Waals surface area contributed by atoms with Crippen LogP contribution >= 0.6 is 0 Å². The van der Waals surface area contributed by atoms with Crippen LogP contribution in [0.4, 0.5) is 11.6 Å². The van der Waals surface area contributed by atoms with E-state index in [1.165, 1.54) is 0 Å². The second-order valence-corrected chi connectivity index (χ2v) is 5.68. The van der Waals surface area contributed by atoms with Gasteiger partial charge in [0.05, 0.1) is 13.5 Å². The molecule has 1 heterocycles. The summed E-state index contributed by atoms with van der Waals surface area (Å²) < 4.78 is 5.32. The van der Waals surface area contributed by atoms with Crippen molar-refractivity contribution in [2.24, 2.45) is 0 Å². The van der Waals surface area contributed by atoms with E-state index in [2.05, 4.69) is 20.8 Å². The second kappa shape index (κ2) is 8.62. The van der Waals surface area contributed by atoms with Crippen LogP contribution < -0.4 is 15.4 Å². The van der Waals surface area contributed by atoms with E-state index in [0.29, 0.717) is 24.6 Å². The molecule has 6 nitrogen and oxygen atoms in total. The Hall–Kier alpha value is -3.41. The van der Waals surface area contributed by atoms with Gasteiger partial charge in [0.2, 0.25) is 5.91 Å². The molecule has 0 aliphatic rings. The van der Waals surface area contributed by atoms with Crippen LogP contribution in [0.15, 0.2) is 66.7 Å². The molecule has 0 saturated heterocycles. The summed E-state index contributed by atoms with van der Waals surface area (Å²) in [4.78, 5) is 12.0. The summed E-state index contributed by atoms with van der Waals surface area (Å²) in [6, 6.07) is 20.8. The van der Waals surface area contributed by atoms with Gasteiger partial charge in [-0.3, -0.25) is 4.79 Å². The van der Waals surface area contributed by atoms with E-state index < -0.39 is 0 Å². The minimum atomic E-state index is -0.125. The molecule has 0 radical (unpaired) electrons. The number of ether oxygens (including phenoxy) is 1. The first kappa shape index (κ1) is 17.4. The first-order valence-electron chi connectivity index (χ1n) is 8.28. The highest BCUT2D eigenvalue weighted by Gasteiger charge is 2.06. The van der Waals surface area contributed by atoms with Gasteiger partial charge in [0.1, 0.15) is 11.6 Å².